The summed E-state index contributed by atoms with van der Waals surface area (Å²) in [6.07, 6.45) is 0.646. The molecular weight excluding hydrogens is 478 g/mol. The highest BCUT2D eigenvalue weighted by atomic mass is 35.5. The highest BCUT2D eigenvalue weighted by Gasteiger charge is 2.25. The number of anilines is 1. The number of nitrogens with two attached hydrogens (primary N) is 1. The van der Waals surface area contributed by atoms with Gasteiger partial charge in [-0.3, -0.25) is 23.5 Å². The van der Waals surface area contributed by atoms with Gasteiger partial charge < -0.3 is 25.8 Å². The molecule has 2 aromatic carbocycles. The number of ether oxygens (including phenoxy) is 1. The molecule has 0 saturated carbocycles. The van der Waals surface area contributed by atoms with Gasteiger partial charge in [-0.15, -0.1) is 0 Å². The van der Waals surface area contributed by atoms with Gasteiger partial charge in [0, 0.05) is 25.2 Å². The minimum absolute atomic E-state index is 0.00240. The molecular formula is C23H24ClN5O6. The second-order valence-corrected chi connectivity index (χ2v) is 8.62. The second kappa shape index (κ2) is 9.80. The maximum Gasteiger partial charge on any atom is 0.332 e. The number of nitrogens with one attached hydrogen (secondary N) is 1. The number of rotatable bonds is 6. The third-order valence-corrected chi connectivity index (χ3v) is 6.15. The molecule has 4 rings (SSSR count). The van der Waals surface area contributed by atoms with E-state index in [0.29, 0.717) is 19.5 Å². The number of hydrogen-bond donors (Lipinski definition) is 3. The number of methoxy groups -OCH3 is 1. The molecule has 1 fully saturated rings. The smallest absolute Gasteiger partial charge is 0.332 e. The van der Waals surface area contributed by atoms with E-state index in [0.717, 1.165) is 9.13 Å². The summed E-state index contributed by atoms with van der Waals surface area (Å²) < 4.78 is 7.12. The van der Waals surface area contributed by atoms with Gasteiger partial charge in [0.2, 0.25) is 11.8 Å². The molecule has 12 heteroatoms. The summed E-state index contributed by atoms with van der Waals surface area (Å²) in [7, 11) is 1.36. The van der Waals surface area contributed by atoms with Crippen LogP contribution in [-0.2, 0) is 22.7 Å². The van der Waals surface area contributed by atoms with E-state index < -0.39 is 36.2 Å². The van der Waals surface area contributed by atoms with Crippen LogP contribution in [0, 0.1) is 0 Å². The summed E-state index contributed by atoms with van der Waals surface area (Å²) in [4.78, 5) is 53.5. The third-order valence-electron chi connectivity index (χ3n) is 5.85. The SMILES string of the molecule is COc1cc(O)c(Cl)cc1NC(=O)Cn1c(=O)n(CC(=O)N2CCC(N)C2)c(=O)c2ccccc21. The Morgan fingerprint density at radius 1 is 1.20 bits per heavy atom. The fourth-order valence-electron chi connectivity index (χ4n) is 4.05. The number of para-hydroxylation sites is 1. The van der Waals surface area contributed by atoms with Crippen LogP contribution in [0.2, 0.25) is 5.02 Å². The molecule has 3 aromatic rings. The average Bonchev–Trinajstić information content (AvgIpc) is 3.28. The number of amides is 2. The number of phenolic OH excluding ortho intramolecular Hbond substituents is 1. The van der Waals surface area contributed by atoms with Crippen molar-refractivity contribution >= 4 is 40.0 Å². The van der Waals surface area contributed by atoms with Gasteiger partial charge in [0.25, 0.3) is 5.56 Å². The number of nitrogens with zero attached hydrogens (tertiary/aromatic N) is 3. The standard InChI is InChI=1S/C23H24ClN5O6/c1-35-19-9-18(30)15(24)8-16(19)26-20(31)11-28-17-5-3-2-4-14(17)22(33)29(23(28)34)12-21(32)27-7-6-13(25)10-27/h2-5,8-9,13,30H,6-7,10-12,25H2,1H3,(H,26,31). The fraction of sp³-hybridized carbons (Fsp3) is 0.304. The largest absolute Gasteiger partial charge is 0.506 e. The van der Waals surface area contributed by atoms with E-state index in [9.17, 15) is 24.3 Å². The van der Waals surface area contributed by atoms with E-state index in [2.05, 4.69) is 5.32 Å². The number of fused-ring (bicyclic) bond motifs is 1. The molecule has 1 aromatic heterocycles. The number of benzene rings is 2. The number of carbonyl (C=O) groups is 2. The predicted molar refractivity (Wildman–Crippen MR) is 130 cm³/mol. The number of aromatic hydroxyl groups is 1. The van der Waals surface area contributed by atoms with Gasteiger partial charge in [0.05, 0.1) is 28.7 Å². The topological polar surface area (TPSA) is 149 Å². The Hall–Kier alpha value is -3.83. The number of hydrogen-bond acceptors (Lipinski definition) is 7. The summed E-state index contributed by atoms with van der Waals surface area (Å²) in [5, 5.41) is 12.5. The van der Waals surface area contributed by atoms with Gasteiger partial charge in [-0.2, -0.15) is 0 Å². The molecule has 0 spiro atoms. The minimum atomic E-state index is -0.795. The number of carbonyl (C=O) groups excluding carboxylic acids is 2. The molecule has 4 N–H and O–H groups in total. The maximum atomic E-state index is 13.3. The van der Waals surface area contributed by atoms with E-state index in [4.69, 9.17) is 22.1 Å². The van der Waals surface area contributed by atoms with E-state index in [1.54, 1.807) is 18.2 Å². The third kappa shape index (κ3) is 4.86. The van der Waals surface area contributed by atoms with Crippen molar-refractivity contribution in [2.24, 2.45) is 5.73 Å². The molecule has 35 heavy (non-hydrogen) atoms. The predicted octanol–water partition coefficient (Wildman–Crippen LogP) is 0.729. The molecule has 1 atom stereocenters. The van der Waals surface area contributed by atoms with Crippen LogP contribution < -0.4 is 27.0 Å². The van der Waals surface area contributed by atoms with Crippen LogP contribution in [-0.4, -0.2) is 57.2 Å². The lowest BCUT2D eigenvalue weighted by Crippen LogP contribution is -2.45. The van der Waals surface area contributed by atoms with Crippen molar-refractivity contribution in [3.05, 3.63) is 62.3 Å². The lowest BCUT2D eigenvalue weighted by atomic mass is 10.2. The van der Waals surface area contributed by atoms with Crippen LogP contribution in [0.15, 0.2) is 46.0 Å². The van der Waals surface area contributed by atoms with Crippen LogP contribution in [0.25, 0.3) is 10.9 Å². The minimum Gasteiger partial charge on any atom is -0.506 e. The normalized spacial score (nSPS) is 15.4. The first-order valence-corrected chi connectivity index (χ1v) is 11.2. The maximum absolute atomic E-state index is 13.3. The Morgan fingerprint density at radius 3 is 2.63 bits per heavy atom. The van der Waals surface area contributed by atoms with Crippen molar-refractivity contribution < 1.29 is 19.4 Å². The summed E-state index contributed by atoms with van der Waals surface area (Å²) in [6.45, 7) is -0.104. The molecule has 2 heterocycles. The highest BCUT2D eigenvalue weighted by Crippen LogP contribution is 2.35. The van der Waals surface area contributed by atoms with Crippen molar-refractivity contribution in [2.45, 2.75) is 25.6 Å². The summed E-state index contributed by atoms with van der Waals surface area (Å²) in [5.41, 5.74) is 4.89. The molecule has 1 saturated heterocycles. The van der Waals surface area contributed by atoms with Crippen LogP contribution in [0.1, 0.15) is 6.42 Å². The zero-order valence-electron chi connectivity index (χ0n) is 18.9. The van der Waals surface area contributed by atoms with Crippen LogP contribution in [0.3, 0.4) is 0 Å². The monoisotopic (exact) mass is 501 g/mol. The number of halogens is 1. The van der Waals surface area contributed by atoms with Gasteiger partial charge in [-0.25, -0.2) is 4.79 Å². The van der Waals surface area contributed by atoms with Gasteiger partial charge in [0.15, 0.2) is 0 Å². The van der Waals surface area contributed by atoms with Crippen molar-refractivity contribution in [2.75, 3.05) is 25.5 Å². The molecule has 0 bridgehead atoms. The molecule has 0 aliphatic carbocycles. The number of likely N-dealkylation sites (tertiary alicyclic amines) is 1. The zero-order chi connectivity index (χ0) is 25.3. The zero-order valence-corrected chi connectivity index (χ0v) is 19.6. The van der Waals surface area contributed by atoms with E-state index >= 15 is 0 Å². The second-order valence-electron chi connectivity index (χ2n) is 8.22. The molecule has 0 radical (unpaired) electrons. The van der Waals surface area contributed by atoms with Crippen molar-refractivity contribution in [3.8, 4) is 11.5 Å². The first-order chi connectivity index (χ1) is 16.7. The molecule has 1 aliphatic rings. The van der Waals surface area contributed by atoms with Gasteiger partial charge >= 0.3 is 5.69 Å². The Kier molecular flexibility index (Phi) is 6.81. The lowest BCUT2D eigenvalue weighted by Gasteiger charge is -2.18. The lowest BCUT2D eigenvalue weighted by molar-refractivity contribution is -0.130. The fourth-order valence-corrected chi connectivity index (χ4v) is 4.22. The van der Waals surface area contributed by atoms with Crippen molar-refractivity contribution in [1.29, 1.82) is 0 Å². The summed E-state index contributed by atoms with van der Waals surface area (Å²) >= 11 is 5.95. The van der Waals surface area contributed by atoms with Crippen LogP contribution in [0.5, 0.6) is 11.5 Å². The van der Waals surface area contributed by atoms with Gasteiger partial charge in [0.1, 0.15) is 24.6 Å². The summed E-state index contributed by atoms with van der Waals surface area (Å²) in [5.74, 6) is -1.07. The quantitative estimate of drug-likeness (QED) is 0.421. The van der Waals surface area contributed by atoms with Crippen LogP contribution >= 0.6 is 11.6 Å². The Bertz CT molecular complexity index is 1430. The van der Waals surface area contributed by atoms with E-state index in [1.165, 1.54) is 30.2 Å². The molecule has 184 valence electrons. The Labute approximate surface area is 204 Å². The number of aromatic nitrogens is 2. The van der Waals surface area contributed by atoms with Gasteiger partial charge in [-0.05, 0) is 24.6 Å². The summed E-state index contributed by atoms with van der Waals surface area (Å²) in [6, 6.07) is 8.77. The highest BCUT2D eigenvalue weighted by molar-refractivity contribution is 6.32. The van der Waals surface area contributed by atoms with E-state index in [-0.39, 0.29) is 39.2 Å². The first-order valence-electron chi connectivity index (χ1n) is 10.8. The molecule has 11 nitrogen and oxygen atoms in total. The van der Waals surface area contributed by atoms with Crippen molar-refractivity contribution in [1.82, 2.24) is 14.0 Å². The Balaban J connectivity index is 1.69. The van der Waals surface area contributed by atoms with Gasteiger partial charge in [-0.1, -0.05) is 23.7 Å². The van der Waals surface area contributed by atoms with E-state index in [1.807, 2.05) is 0 Å². The molecule has 2 amide bonds. The van der Waals surface area contributed by atoms with Crippen molar-refractivity contribution in [3.63, 3.8) is 0 Å². The first kappa shape index (κ1) is 24.3. The number of phenols is 1. The molecule has 1 unspecified atom stereocenters. The molecule has 1 aliphatic heterocycles. The van der Waals surface area contributed by atoms with Crippen LogP contribution in [0.4, 0.5) is 5.69 Å². The average molecular weight is 502 g/mol. The Morgan fingerprint density at radius 2 is 1.94 bits per heavy atom.